The molecule has 4 rings (SSSR count). The summed E-state index contributed by atoms with van der Waals surface area (Å²) in [7, 11) is 0. The summed E-state index contributed by atoms with van der Waals surface area (Å²) in [6, 6.07) is 19.7. The second kappa shape index (κ2) is 5.87. The zero-order valence-corrected chi connectivity index (χ0v) is 13.2. The van der Waals surface area contributed by atoms with Crippen molar-refractivity contribution in [1.29, 1.82) is 0 Å². The second-order valence-electron chi connectivity index (χ2n) is 5.93. The maximum atomic E-state index is 12.7. The molecule has 0 heterocycles. The van der Waals surface area contributed by atoms with E-state index < -0.39 is 4.92 Å². The molecule has 3 aromatic carbocycles. The van der Waals surface area contributed by atoms with Gasteiger partial charge < -0.3 is 5.32 Å². The third-order valence-corrected chi connectivity index (χ3v) is 4.41. The van der Waals surface area contributed by atoms with Crippen molar-refractivity contribution in [2.24, 2.45) is 0 Å². The number of hydrogen-bond donors (Lipinski definition) is 1. The lowest BCUT2D eigenvalue weighted by Crippen LogP contribution is -2.14. The van der Waals surface area contributed by atoms with E-state index in [0.717, 1.165) is 16.7 Å². The first-order valence-electron chi connectivity index (χ1n) is 7.89. The van der Waals surface area contributed by atoms with Gasteiger partial charge in [-0.3, -0.25) is 14.9 Å². The van der Waals surface area contributed by atoms with Gasteiger partial charge in [-0.2, -0.15) is 0 Å². The highest BCUT2D eigenvalue weighted by Crippen LogP contribution is 2.38. The zero-order chi connectivity index (χ0) is 17.4. The van der Waals surface area contributed by atoms with E-state index >= 15 is 0 Å². The molecule has 0 fully saturated rings. The molecule has 1 amide bonds. The van der Waals surface area contributed by atoms with Gasteiger partial charge in [-0.15, -0.1) is 0 Å². The molecule has 0 saturated heterocycles. The molecule has 0 aromatic heterocycles. The minimum absolute atomic E-state index is 0.0523. The third-order valence-electron chi connectivity index (χ3n) is 4.41. The van der Waals surface area contributed by atoms with Crippen LogP contribution in [0.1, 0.15) is 21.5 Å². The van der Waals surface area contributed by atoms with Gasteiger partial charge in [0.1, 0.15) is 0 Å². The van der Waals surface area contributed by atoms with Crippen LogP contribution in [0.25, 0.3) is 11.1 Å². The lowest BCUT2D eigenvalue weighted by molar-refractivity contribution is -0.384. The molecule has 0 saturated carbocycles. The molecule has 0 aliphatic heterocycles. The van der Waals surface area contributed by atoms with Crippen molar-refractivity contribution >= 4 is 17.3 Å². The van der Waals surface area contributed by atoms with Crippen LogP contribution in [-0.4, -0.2) is 10.8 Å². The predicted octanol–water partition coefficient (Wildman–Crippen LogP) is 4.42. The van der Waals surface area contributed by atoms with Crippen molar-refractivity contribution in [1.82, 2.24) is 0 Å². The number of amides is 1. The van der Waals surface area contributed by atoms with Gasteiger partial charge in [0.2, 0.25) is 0 Å². The molecule has 122 valence electrons. The van der Waals surface area contributed by atoms with Gasteiger partial charge in [-0.25, -0.2) is 0 Å². The van der Waals surface area contributed by atoms with E-state index in [9.17, 15) is 14.9 Å². The van der Waals surface area contributed by atoms with Crippen LogP contribution in [0.4, 0.5) is 11.4 Å². The number of nitro benzene ring substituents is 1. The lowest BCUT2D eigenvalue weighted by Gasteiger charge is -2.09. The number of carbonyl (C=O) groups is 1. The second-order valence-corrected chi connectivity index (χ2v) is 5.93. The quantitative estimate of drug-likeness (QED) is 0.446. The van der Waals surface area contributed by atoms with E-state index in [2.05, 4.69) is 17.4 Å². The van der Waals surface area contributed by atoms with Crippen molar-refractivity contribution in [3.63, 3.8) is 0 Å². The number of nitrogens with one attached hydrogen (secondary N) is 1. The lowest BCUT2D eigenvalue weighted by atomic mass is 10.0. The highest BCUT2D eigenvalue weighted by atomic mass is 16.6. The molecule has 1 N–H and O–H groups in total. The van der Waals surface area contributed by atoms with Crippen molar-refractivity contribution in [3.05, 3.63) is 93.5 Å². The monoisotopic (exact) mass is 330 g/mol. The van der Waals surface area contributed by atoms with Crippen molar-refractivity contribution < 1.29 is 9.72 Å². The Bertz CT molecular complexity index is 1010. The Morgan fingerprint density at radius 3 is 2.56 bits per heavy atom. The van der Waals surface area contributed by atoms with E-state index in [1.165, 1.54) is 17.7 Å². The first-order valence-corrected chi connectivity index (χ1v) is 7.89. The first kappa shape index (κ1) is 15.1. The highest BCUT2D eigenvalue weighted by Gasteiger charge is 2.23. The van der Waals surface area contributed by atoms with Crippen LogP contribution in [0.2, 0.25) is 0 Å². The van der Waals surface area contributed by atoms with Crippen LogP contribution in [0.15, 0.2) is 66.7 Å². The summed E-state index contributed by atoms with van der Waals surface area (Å²) in [6.45, 7) is 0. The van der Waals surface area contributed by atoms with Gasteiger partial charge in [0.05, 0.1) is 4.92 Å². The zero-order valence-electron chi connectivity index (χ0n) is 13.2. The summed E-state index contributed by atoms with van der Waals surface area (Å²) >= 11 is 0. The van der Waals surface area contributed by atoms with Crippen molar-refractivity contribution in [2.45, 2.75) is 6.42 Å². The summed E-state index contributed by atoms with van der Waals surface area (Å²) in [6.07, 6.45) is 0.712. The summed E-state index contributed by atoms with van der Waals surface area (Å²) in [5, 5.41) is 13.6. The Morgan fingerprint density at radius 1 is 0.960 bits per heavy atom. The smallest absolute Gasteiger partial charge is 0.271 e. The highest BCUT2D eigenvalue weighted by molar-refractivity contribution is 6.07. The number of nitro groups is 1. The van der Waals surface area contributed by atoms with Crippen molar-refractivity contribution in [3.8, 4) is 11.1 Å². The Labute approximate surface area is 144 Å². The molecule has 5 heteroatoms. The molecule has 25 heavy (non-hydrogen) atoms. The van der Waals surface area contributed by atoms with Gasteiger partial charge in [0, 0.05) is 23.4 Å². The summed E-state index contributed by atoms with van der Waals surface area (Å²) in [5.41, 5.74) is 5.38. The Balaban J connectivity index is 1.67. The van der Waals surface area contributed by atoms with Crippen LogP contribution in [0.5, 0.6) is 0 Å². The number of non-ortho nitro benzene ring substituents is 1. The number of anilines is 1. The Hall–Kier alpha value is -3.47. The van der Waals surface area contributed by atoms with E-state index in [1.807, 2.05) is 24.3 Å². The fraction of sp³-hybridized carbons (Fsp3) is 0.0500. The first-order chi connectivity index (χ1) is 12.1. The molecule has 0 unspecified atom stereocenters. The van der Waals surface area contributed by atoms with Gasteiger partial charge in [0.25, 0.3) is 11.6 Å². The van der Waals surface area contributed by atoms with Crippen LogP contribution in [0.3, 0.4) is 0 Å². The molecule has 3 aromatic rings. The number of rotatable bonds is 3. The van der Waals surface area contributed by atoms with E-state index in [1.54, 1.807) is 18.2 Å². The topological polar surface area (TPSA) is 72.2 Å². The van der Waals surface area contributed by atoms with Gasteiger partial charge >= 0.3 is 0 Å². The standard InChI is InChI=1S/C20H14N2O3/c23-20(21-14-6-3-7-15(12-14)22(24)25)18-10-4-9-17-16-8-2-1-5-13(16)11-19(17)18/h1-10,12H,11H2,(H,21,23). The third kappa shape index (κ3) is 2.65. The van der Waals surface area contributed by atoms with Crippen LogP contribution in [0, 0.1) is 10.1 Å². The van der Waals surface area contributed by atoms with E-state index in [4.69, 9.17) is 0 Å². The number of fused-ring (bicyclic) bond motifs is 3. The maximum absolute atomic E-state index is 12.7. The predicted molar refractivity (Wildman–Crippen MR) is 95.7 cm³/mol. The summed E-state index contributed by atoms with van der Waals surface area (Å²) in [4.78, 5) is 23.1. The average molecular weight is 330 g/mol. The Morgan fingerprint density at radius 2 is 1.72 bits per heavy atom. The van der Waals surface area contributed by atoms with E-state index in [-0.39, 0.29) is 11.6 Å². The largest absolute Gasteiger partial charge is 0.322 e. The summed E-state index contributed by atoms with van der Waals surface area (Å²) < 4.78 is 0. The number of carbonyl (C=O) groups excluding carboxylic acids is 1. The fourth-order valence-electron chi connectivity index (χ4n) is 3.27. The average Bonchev–Trinajstić information content (AvgIpc) is 3.00. The van der Waals surface area contributed by atoms with Gasteiger partial charge in [-0.1, -0.05) is 42.5 Å². The van der Waals surface area contributed by atoms with Gasteiger partial charge in [0.15, 0.2) is 0 Å². The maximum Gasteiger partial charge on any atom is 0.271 e. The van der Waals surface area contributed by atoms with Crippen LogP contribution in [-0.2, 0) is 6.42 Å². The number of benzene rings is 3. The number of hydrogen-bond acceptors (Lipinski definition) is 3. The minimum atomic E-state index is -0.480. The minimum Gasteiger partial charge on any atom is -0.322 e. The molecule has 0 spiro atoms. The molecule has 0 atom stereocenters. The fourth-order valence-corrected chi connectivity index (χ4v) is 3.27. The van der Waals surface area contributed by atoms with Crippen LogP contribution < -0.4 is 5.32 Å². The molecule has 0 bridgehead atoms. The molecule has 1 aliphatic carbocycles. The SMILES string of the molecule is O=C(Nc1cccc([N+](=O)[O-])c1)c1cccc2c1Cc1ccccc1-2. The van der Waals surface area contributed by atoms with Crippen molar-refractivity contribution in [2.75, 3.05) is 5.32 Å². The molecular weight excluding hydrogens is 316 g/mol. The molecule has 5 nitrogen and oxygen atoms in total. The van der Waals surface area contributed by atoms with Gasteiger partial charge in [-0.05, 0) is 40.8 Å². The van der Waals surface area contributed by atoms with Crippen LogP contribution >= 0.6 is 0 Å². The summed E-state index contributed by atoms with van der Waals surface area (Å²) in [5.74, 6) is -0.259. The van der Waals surface area contributed by atoms with E-state index in [0.29, 0.717) is 17.7 Å². The normalized spacial score (nSPS) is 11.5. The molecule has 1 aliphatic rings. The Kier molecular flexibility index (Phi) is 3.54. The number of nitrogens with zero attached hydrogens (tertiary/aromatic N) is 1. The molecular formula is C20H14N2O3. The molecule has 0 radical (unpaired) electrons.